The molecule has 0 amide bonds. The fourth-order valence-corrected chi connectivity index (χ4v) is 0.729. The molecule has 1 rings (SSSR count). The van der Waals surface area contributed by atoms with Gasteiger partial charge in [-0.05, 0) is 17.7 Å². The summed E-state index contributed by atoms with van der Waals surface area (Å²) in [5.41, 5.74) is 0.913. The molecule has 0 aliphatic carbocycles. The molecule has 0 saturated heterocycles. The maximum absolute atomic E-state index is 5.61. The molecule has 0 spiro atoms. The minimum Gasteiger partial charge on any atom is -0.399 e. The molecular weight excluding hydrogens is 162 g/mol. The Kier molecular flexibility index (Phi) is 2.93. The Morgan fingerprint density at radius 1 is 1.64 bits per heavy atom. The highest BCUT2D eigenvalue weighted by atomic mass is 35.5. The molecule has 0 aliphatic heterocycles. The van der Waals surface area contributed by atoms with Crippen LogP contribution in [0.3, 0.4) is 0 Å². The summed E-state index contributed by atoms with van der Waals surface area (Å²) in [6, 6.07) is 8.15. The second kappa shape index (κ2) is 3.98. The van der Waals surface area contributed by atoms with Crippen molar-refractivity contribution in [2.24, 2.45) is 5.16 Å². The molecule has 0 fully saturated rings. The lowest BCUT2D eigenvalue weighted by Crippen LogP contribution is -1.80. The number of oxime groups is 1. The third kappa shape index (κ3) is 2.60. The number of hydrogen-bond donors (Lipinski definition) is 0. The molecule has 2 nitrogen and oxygen atoms in total. The molecule has 0 aliphatic rings. The van der Waals surface area contributed by atoms with Crippen molar-refractivity contribution in [3.63, 3.8) is 0 Å². The maximum Gasteiger partial charge on any atom is 0.106 e. The Hall–Kier alpha value is -1.02. The van der Waals surface area contributed by atoms with Crippen molar-refractivity contribution >= 4 is 17.8 Å². The molecule has 0 heterocycles. The topological polar surface area (TPSA) is 21.6 Å². The van der Waals surface area contributed by atoms with Crippen LogP contribution in [0.5, 0.6) is 0 Å². The van der Waals surface area contributed by atoms with Crippen LogP contribution in [-0.2, 0) is 4.84 Å². The fourth-order valence-electron chi connectivity index (χ4n) is 0.612. The van der Waals surface area contributed by atoms with E-state index < -0.39 is 0 Å². The van der Waals surface area contributed by atoms with Crippen molar-refractivity contribution < 1.29 is 4.84 Å². The molecule has 3 heteroatoms. The van der Waals surface area contributed by atoms with Crippen molar-refractivity contribution in [1.29, 1.82) is 0 Å². The summed E-state index contributed by atoms with van der Waals surface area (Å²) in [6.45, 7) is 0. The largest absolute Gasteiger partial charge is 0.399 e. The second-order valence-corrected chi connectivity index (χ2v) is 2.29. The quantitative estimate of drug-likeness (QED) is 0.490. The van der Waals surface area contributed by atoms with Crippen LogP contribution in [0.25, 0.3) is 0 Å². The zero-order chi connectivity index (χ0) is 8.10. The second-order valence-electron chi connectivity index (χ2n) is 1.89. The molecule has 0 aromatic heterocycles. The first-order chi connectivity index (χ1) is 5.33. The van der Waals surface area contributed by atoms with E-state index in [0.717, 1.165) is 5.56 Å². The lowest BCUT2D eigenvalue weighted by molar-refractivity contribution is 0.215. The predicted octanol–water partition coefficient (Wildman–Crippen LogP) is 2.12. The third-order valence-corrected chi connectivity index (χ3v) is 1.34. The molecule has 1 aromatic carbocycles. The summed E-state index contributed by atoms with van der Waals surface area (Å²) in [4.78, 5) is 4.50. The first kappa shape index (κ1) is 8.08. The van der Waals surface area contributed by atoms with Crippen LogP contribution in [0.2, 0.25) is 5.02 Å². The molecule has 1 aromatic rings. The molecule has 0 saturated carbocycles. The average molecular weight is 169 g/mol. The summed E-state index contributed by atoms with van der Waals surface area (Å²) >= 11 is 5.61. The van der Waals surface area contributed by atoms with Gasteiger partial charge in [-0.2, -0.15) is 0 Å². The molecule has 1 radical (unpaired) electrons. The first-order valence-corrected chi connectivity index (χ1v) is 3.44. The first-order valence-electron chi connectivity index (χ1n) is 3.06. The lowest BCUT2D eigenvalue weighted by Gasteiger charge is -1.90. The minimum atomic E-state index is 0.597. The summed E-state index contributed by atoms with van der Waals surface area (Å²) in [5.74, 6) is 0. The molecule has 11 heavy (non-hydrogen) atoms. The number of nitrogens with zero attached hydrogens (tertiary/aromatic N) is 1. The molecular formula is C8H7ClNO. The van der Waals surface area contributed by atoms with Crippen molar-refractivity contribution in [2.45, 2.75) is 0 Å². The van der Waals surface area contributed by atoms with Crippen LogP contribution >= 0.6 is 11.6 Å². The fraction of sp³-hybridized carbons (Fsp3) is 0.125. The summed E-state index contributed by atoms with van der Waals surface area (Å²) in [6.07, 6.45) is 1.59. The van der Waals surface area contributed by atoms with Crippen LogP contribution in [0, 0.1) is 6.07 Å². The van der Waals surface area contributed by atoms with Gasteiger partial charge in [-0.3, -0.25) is 0 Å². The molecule has 0 N–H and O–H groups in total. The molecule has 0 bridgehead atoms. The highest BCUT2D eigenvalue weighted by Gasteiger charge is 1.87. The van der Waals surface area contributed by atoms with E-state index in [9.17, 15) is 0 Å². The van der Waals surface area contributed by atoms with Gasteiger partial charge in [0, 0.05) is 11.1 Å². The van der Waals surface area contributed by atoms with Crippen molar-refractivity contribution in [2.75, 3.05) is 7.11 Å². The van der Waals surface area contributed by atoms with Gasteiger partial charge in [-0.25, -0.2) is 0 Å². The minimum absolute atomic E-state index is 0.597. The van der Waals surface area contributed by atoms with Gasteiger partial charge in [0.25, 0.3) is 0 Å². The van der Waals surface area contributed by atoms with E-state index in [0.29, 0.717) is 5.02 Å². The van der Waals surface area contributed by atoms with Gasteiger partial charge in [0.05, 0.1) is 6.21 Å². The van der Waals surface area contributed by atoms with Crippen molar-refractivity contribution in [3.8, 4) is 0 Å². The third-order valence-electron chi connectivity index (χ3n) is 1.11. The summed E-state index contributed by atoms with van der Waals surface area (Å²) in [5, 5.41) is 4.18. The van der Waals surface area contributed by atoms with Gasteiger partial charge in [-0.15, -0.1) is 0 Å². The summed E-state index contributed by atoms with van der Waals surface area (Å²) in [7, 11) is 1.50. The Balaban J connectivity index is 2.73. The van der Waals surface area contributed by atoms with E-state index in [4.69, 9.17) is 11.6 Å². The SMILES string of the molecule is CON=Cc1c[c]c(Cl)cc1. The van der Waals surface area contributed by atoms with E-state index in [1.807, 2.05) is 6.07 Å². The lowest BCUT2D eigenvalue weighted by atomic mass is 10.2. The van der Waals surface area contributed by atoms with Crippen LogP contribution in [0.1, 0.15) is 5.56 Å². The highest BCUT2D eigenvalue weighted by molar-refractivity contribution is 6.30. The zero-order valence-corrected chi connectivity index (χ0v) is 6.80. The standard InChI is InChI=1S/C8H7ClNO/c1-11-10-6-7-2-4-8(9)5-3-7/h2-4,6H,1H3. The van der Waals surface area contributed by atoms with E-state index in [2.05, 4.69) is 16.1 Å². The maximum atomic E-state index is 5.61. The van der Waals surface area contributed by atoms with Crippen molar-refractivity contribution in [1.82, 2.24) is 0 Å². The van der Waals surface area contributed by atoms with Crippen LogP contribution in [0.15, 0.2) is 23.4 Å². The monoisotopic (exact) mass is 168 g/mol. The Morgan fingerprint density at radius 2 is 2.45 bits per heavy atom. The van der Waals surface area contributed by atoms with Crippen LogP contribution in [-0.4, -0.2) is 13.3 Å². The van der Waals surface area contributed by atoms with E-state index >= 15 is 0 Å². The van der Waals surface area contributed by atoms with Crippen LogP contribution < -0.4 is 0 Å². The van der Waals surface area contributed by atoms with E-state index in [-0.39, 0.29) is 0 Å². The average Bonchev–Trinajstić information content (AvgIpc) is 2.04. The number of rotatable bonds is 2. The predicted molar refractivity (Wildman–Crippen MR) is 44.9 cm³/mol. The number of halogens is 1. The van der Waals surface area contributed by atoms with Gasteiger partial charge in [-0.1, -0.05) is 22.8 Å². The number of benzene rings is 1. The number of hydrogen-bond acceptors (Lipinski definition) is 2. The van der Waals surface area contributed by atoms with Gasteiger partial charge in [0.2, 0.25) is 0 Å². The van der Waals surface area contributed by atoms with Gasteiger partial charge in [0.1, 0.15) is 7.11 Å². The van der Waals surface area contributed by atoms with E-state index in [1.165, 1.54) is 7.11 Å². The van der Waals surface area contributed by atoms with Gasteiger partial charge in [0.15, 0.2) is 0 Å². The smallest absolute Gasteiger partial charge is 0.106 e. The van der Waals surface area contributed by atoms with Crippen LogP contribution in [0.4, 0.5) is 0 Å². The summed E-state index contributed by atoms with van der Waals surface area (Å²) < 4.78 is 0. The Morgan fingerprint density at radius 3 is 3.00 bits per heavy atom. The van der Waals surface area contributed by atoms with Gasteiger partial charge < -0.3 is 4.84 Å². The van der Waals surface area contributed by atoms with Crippen molar-refractivity contribution in [3.05, 3.63) is 34.9 Å². The van der Waals surface area contributed by atoms with Gasteiger partial charge >= 0.3 is 0 Å². The van der Waals surface area contributed by atoms with E-state index in [1.54, 1.807) is 18.3 Å². The molecule has 0 atom stereocenters. The molecule has 57 valence electrons. The zero-order valence-electron chi connectivity index (χ0n) is 6.04. The Labute approximate surface area is 70.4 Å². The Bertz CT molecular complexity index is 243. The normalized spacial score (nSPS) is 10.4. The molecule has 0 unspecified atom stereocenters. The highest BCUT2D eigenvalue weighted by Crippen LogP contribution is 2.06.